The van der Waals surface area contributed by atoms with Gasteiger partial charge in [-0.1, -0.05) is 13.8 Å². The Hall–Kier alpha value is -2.08. The van der Waals surface area contributed by atoms with Crippen molar-refractivity contribution in [2.24, 2.45) is 5.92 Å². The van der Waals surface area contributed by atoms with E-state index in [0.29, 0.717) is 13.0 Å². The monoisotopic (exact) mass is 321 g/mol. The van der Waals surface area contributed by atoms with Crippen LogP contribution in [0, 0.1) is 11.7 Å². The lowest BCUT2D eigenvalue weighted by Crippen LogP contribution is -2.47. The van der Waals surface area contributed by atoms with Crippen molar-refractivity contribution in [3.05, 3.63) is 35.8 Å². The minimum atomic E-state index is -0.932. The number of carbonyl (C=O) groups is 1. The summed E-state index contributed by atoms with van der Waals surface area (Å²) in [7, 11) is 0. The Balaban J connectivity index is 1.81. The fourth-order valence-electron chi connectivity index (χ4n) is 2.20. The number of benzene rings is 1. The van der Waals surface area contributed by atoms with Crippen molar-refractivity contribution < 1.29 is 14.3 Å². The first kappa shape index (κ1) is 17.3. The van der Waals surface area contributed by atoms with E-state index in [0.717, 1.165) is 16.5 Å². The van der Waals surface area contributed by atoms with E-state index >= 15 is 0 Å². The lowest BCUT2D eigenvalue weighted by molar-refractivity contribution is 0.0166. The zero-order valence-corrected chi connectivity index (χ0v) is 13.7. The van der Waals surface area contributed by atoms with Gasteiger partial charge in [-0.15, -0.1) is 0 Å². The number of H-pyrrole nitrogens is 1. The highest BCUT2D eigenvalue weighted by Gasteiger charge is 2.25. The van der Waals surface area contributed by atoms with Gasteiger partial charge in [-0.25, -0.2) is 9.18 Å². The number of urea groups is 1. The van der Waals surface area contributed by atoms with Gasteiger partial charge in [0, 0.05) is 30.2 Å². The molecule has 0 fully saturated rings. The average Bonchev–Trinajstić information content (AvgIpc) is 2.87. The molecule has 1 heterocycles. The largest absolute Gasteiger partial charge is 0.388 e. The third-order valence-corrected chi connectivity index (χ3v) is 4.26. The Kier molecular flexibility index (Phi) is 5.26. The van der Waals surface area contributed by atoms with Crippen molar-refractivity contribution in [1.82, 2.24) is 15.6 Å². The van der Waals surface area contributed by atoms with E-state index in [9.17, 15) is 14.3 Å². The molecule has 0 radical (unpaired) electrons. The molecule has 0 aliphatic carbocycles. The second-order valence-electron chi connectivity index (χ2n) is 6.38. The molecule has 0 aliphatic rings. The molecular formula is C17H24FN3O2. The number of aliphatic hydroxyl groups is 1. The molecule has 2 amide bonds. The fraction of sp³-hybridized carbons (Fsp3) is 0.471. The van der Waals surface area contributed by atoms with Gasteiger partial charge in [0.2, 0.25) is 0 Å². The minimum absolute atomic E-state index is 0.0504. The first-order chi connectivity index (χ1) is 10.8. The molecule has 1 aromatic carbocycles. The van der Waals surface area contributed by atoms with Crippen LogP contribution in [-0.4, -0.2) is 34.8 Å². The van der Waals surface area contributed by atoms with Crippen molar-refractivity contribution in [2.75, 3.05) is 13.1 Å². The van der Waals surface area contributed by atoms with Gasteiger partial charge in [0.1, 0.15) is 5.82 Å². The SMILES string of the molecule is CC(C)C(C)(O)CNC(=O)NCCc1c[nH]c2cc(F)ccc12. The average molecular weight is 321 g/mol. The summed E-state index contributed by atoms with van der Waals surface area (Å²) >= 11 is 0. The summed E-state index contributed by atoms with van der Waals surface area (Å²) in [6.07, 6.45) is 2.47. The number of amides is 2. The van der Waals surface area contributed by atoms with Crippen molar-refractivity contribution in [3.63, 3.8) is 0 Å². The summed E-state index contributed by atoms with van der Waals surface area (Å²) in [6, 6.07) is 4.30. The second-order valence-corrected chi connectivity index (χ2v) is 6.38. The van der Waals surface area contributed by atoms with E-state index in [4.69, 9.17) is 0 Å². The van der Waals surface area contributed by atoms with Crippen LogP contribution in [0.3, 0.4) is 0 Å². The van der Waals surface area contributed by atoms with E-state index in [1.807, 2.05) is 20.0 Å². The molecule has 0 aliphatic heterocycles. The third kappa shape index (κ3) is 4.45. The zero-order chi connectivity index (χ0) is 17.0. The van der Waals surface area contributed by atoms with Gasteiger partial charge < -0.3 is 20.7 Å². The number of aromatic nitrogens is 1. The molecule has 6 heteroatoms. The number of rotatable bonds is 6. The van der Waals surface area contributed by atoms with Crippen molar-refractivity contribution in [1.29, 1.82) is 0 Å². The maximum Gasteiger partial charge on any atom is 0.314 e. The summed E-state index contributed by atoms with van der Waals surface area (Å²) in [5.41, 5.74) is 0.838. The quantitative estimate of drug-likeness (QED) is 0.660. The topological polar surface area (TPSA) is 77.2 Å². The molecule has 23 heavy (non-hydrogen) atoms. The first-order valence-corrected chi connectivity index (χ1v) is 7.79. The van der Waals surface area contributed by atoms with E-state index in [-0.39, 0.29) is 24.3 Å². The zero-order valence-electron chi connectivity index (χ0n) is 13.7. The highest BCUT2D eigenvalue weighted by molar-refractivity contribution is 5.83. The van der Waals surface area contributed by atoms with Gasteiger partial charge >= 0.3 is 6.03 Å². The highest BCUT2D eigenvalue weighted by Crippen LogP contribution is 2.19. The molecule has 2 aromatic rings. The normalized spacial score (nSPS) is 14.0. The van der Waals surface area contributed by atoms with Crippen molar-refractivity contribution in [2.45, 2.75) is 32.8 Å². The number of nitrogens with one attached hydrogen (secondary N) is 3. The lowest BCUT2D eigenvalue weighted by atomic mass is 9.93. The van der Waals surface area contributed by atoms with Crippen molar-refractivity contribution >= 4 is 16.9 Å². The van der Waals surface area contributed by atoms with Crippen LogP contribution < -0.4 is 10.6 Å². The summed E-state index contributed by atoms with van der Waals surface area (Å²) in [4.78, 5) is 14.8. The Morgan fingerprint density at radius 3 is 2.83 bits per heavy atom. The summed E-state index contributed by atoms with van der Waals surface area (Å²) in [6.45, 7) is 6.16. The Morgan fingerprint density at radius 2 is 2.13 bits per heavy atom. The Bertz CT molecular complexity index is 680. The Morgan fingerprint density at radius 1 is 1.39 bits per heavy atom. The molecule has 5 nitrogen and oxygen atoms in total. The molecular weight excluding hydrogens is 297 g/mol. The van der Waals surface area contributed by atoms with Gasteiger partial charge in [0.25, 0.3) is 0 Å². The maximum absolute atomic E-state index is 13.1. The van der Waals surface area contributed by atoms with Crippen molar-refractivity contribution in [3.8, 4) is 0 Å². The number of aromatic amines is 1. The smallest absolute Gasteiger partial charge is 0.314 e. The van der Waals surface area contributed by atoms with E-state index < -0.39 is 5.60 Å². The first-order valence-electron chi connectivity index (χ1n) is 7.79. The standard InChI is InChI=1S/C17H24FN3O2/c1-11(2)17(3,23)10-21-16(22)19-7-6-12-9-20-15-8-13(18)4-5-14(12)15/h4-5,8-9,11,20,23H,6-7,10H2,1-3H3,(H2,19,21,22). The predicted molar refractivity (Wildman–Crippen MR) is 88.8 cm³/mol. The van der Waals surface area contributed by atoms with Crippen LogP contribution >= 0.6 is 0 Å². The van der Waals surface area contributed by atoms with Gasteiger partial charge in [0.15, 0.2) is 0 Å². The molecule has 2 rings (SSSR count). The van der Waals surface area contributed by atoms with Crippen LogP contribution in [0.5, 0.6) is 0 Å². The van der Waals surface area contributed by atoms with Gasteiger partial charge in [0.05, 0.1) is 5.60 Å². The van der Waals surface area contributed by atoms with Crippen LogP contribution in [0.15, 0.2) is 24.4 Å². The predicted octanol–water partition coefficient (Wildman–Crippen LogP) is 2.56. The molecule has 126 valence electrons. The fourth-order valence-corrected chi connectivity index (χ4v) is 2.20. The third-order valence-electron chi connectivity index (χ3n) is 4.26. The Labute approximate surface area is 135 Å². The van der Waals surface area contributed by atoms with Crippen LogP contribution in [0.1, 0.15) is 26.3 Å². The molecule has 4 N–H and O–H groups in total. The highest BCUT2D eigenvalue weighted by atomic mass is 19.1. The maximum atomic E-state index is 13.1. The van der Waals surface area contributed by atoms with E-state index in [1.54, 1.807) is 13.0 Å². The molecule has 1 atom stereocenters. The van der Waals surface area contributed by atoms with Gasteiger partial charge in [-0.2, -0.15) is 0 Å². The van der Waals surface area contributed by atoms with Gasteiger partial charge in [-0.05, 0) is 43.0 Å². The molecule has 0 spiro atoms. The lowest BCUT2D eigenvalue weighted by Gasteiger charge is -2.27. The van der Waals surface area contributed by atoms with Crippen LogP contribution in [0.4, 0.5) is 9.18 Å². The molecule has 1 unspecified atom stereocenters. The molecule has 1 aromatic heterocycles. The molecule has 0 saturated carbocycles. The van der Waals surface area contributed by atoms with Crippen LogP contribution in [0.25, 0.3) is 10.9 Å². The van der Waals surface area contributed by atoms with E-state index in [2.05, 4.69) is 15.6 Å². The van der Waals surface area contributed by atoms with Gasteiger partial charge in [-0.3, -0.25) is 0 Å². The van der Waals surface area contributed by atoms with Crippen LogP contribution in [-0.2, 0) is 6.42 Å². The molecule has 0 bridgehead atoms. The summed E-state index contributed by atoms with van der Waals surface area (Å²) in [5.74, 6) is -0.227. The number of halogens is 1. The number of hydrogen-bond donors (Lipinski definition) is 4. The second kappa shape index (κ2) is 7.00. The summed E-state index contributed by atoms with van der Waals surface area (Å²) < 4.78 is 13.1. The number of carbonyl (C=O) groups excluding carboxylic acids is 1. The number of hydrogen-bond acceptors (Lipinski definition) is 2. The van der Waals surface area contributed by atoms with Crippen LogP contribution in [0.2, 0.25) is 0 Å². The minimum Gasteiger partial charge on any atom is -0.388 e. The number of fused-ring (bicyclic) bond motifs is 1. The molecule has 0 saturated heterocycles. The summed E-state index contributed by atoms with van der Waals surface area (Å²) in [5, 5.41) is 16.5. The van der Waals surface area contributed by atoms with E-state index in [1.165, 1.54) is 12.1 Å².